The van der Waals surface area contributed by atoms with Crippen molar-refractivity contribution in [3.05, 3.63) is 87.3 Å². The van der Waals surface area contributed by atoms with Crippen LogP contribution >= 0.6 is 0 Å². The van der Waals surface area contributed by atoms with Gasteiger partial charge in [-0.15, -0.1) is 0 Å². The van der Waals surface area contributed by atoms with Gasteiger partial charge in [-0.05, 0) is 55.9 Å². The average Bonchev–Trinajstić information content (AvgIpc) is 2.94. The van der Waals surface area contributed by atoms with Gasteiger partial charge in [0.1, 0.15) is 0 Å². The Kier molecular flexibility index (Phi) is 10.9. The first-order valence-corrected chi connectivity index (χ1v) is 14.1. The molecule has 0 bridgehead atoms. The van der Waals surface area contributed by atoms with Gasteiger partial charge < -0.3 is 9.64 Å². The number of carbonyl (C=O) groups is 1. The first-order valence-electron chi connectivity index (χ1n) is 14.1. The van der Waals surface area contributed by atoms with Crippen LogP contribution in [0.5, 0.6) is 0 Å². The molecule has 6 heteroatoms. The van der Waals surface area contributed by atoms with Gasteiger partial charge in [0.25, 0.3) is 5.56 Å². The van der Waals surface area contributed by atoms with Gasteiger partial charge in [-0.1, -0.05) is 76.9 Å². The van der Waals surface area contributed by atoms with Gasteiger partial charge in [0.05, 0.1) is 30.5 Å². The fourth-order valence-electron chi connectivity index (χ4n) is 4.65. The highest BCUT2D eigenvalue weighted by molar-refractivity contribution is 5.78. The number of nitriles is 1. The predicted molar refractivity (Wildman–Crippen MR) is 157 cm³/mol. The largest absolute Gasteiger partial charge is 0.449 e. The van der Waals surface area contributed by atoms with Crippen LogP contribution in [-0.4, -0.2) is 28.7 Å². The Morgan fingerprint density at radius 2 is 1.69 bits per heavy atom. The maximum atomic E-state index is 14.3. The number of rotatable bonds is 12. The molecule has 0 unspecified atom stereocenters. The second-order valence-electron chi connectivity index (χ2n) is 10.5. The summed E-state index contributed by atoms with van der Waals surface area (Å²) in [6.07, 6.45) is 4.06. The monoisotopic (exact) mass is 527 g/mol. The van der Waals surface area contributed by atoms with E-state index in [-0.39, 0.29) is 24.1 Å². The maximum Gasteiger partial charge on any atom is 0.410 e. The fraction of sp³-hybridized carbons (Fsp3) is 0.424. The second-order valence-corrected chi connectivity index (χ2v) is 10.5. The summed E-state index contributed by atoms with van der Waals surface area (Å²) in [4.78, 5) is 29.0. The molecule has 1 heterocycles. The zero-order chi connectivity index (χ0) is 28.4. The highest BCUT2D eigenvalue weighted by Gasteiger charge is 2.22. The van der Waals surface area contributed by atoms with Crippen LogP contribution in [0, 0.1) is 24.2 Å². The molecule has 0 aliphatic carbocycles. The van der Waals surface area contributed by atoms with Crippen LogP contribution in [0.1, 0.15) is 75.8 Å². The number of aryl methyl sites for hydroxylation is 2. The molecule has 0 fully saturated rings. The molecule has 0 saturated heterocycles. The van der Waals surface area contributed by atoms with Crippen LogP contribution in [0.4, 0.5) is 4.79 Å². The Balaban J connectivity index is 2.19. The van der Waals surface area contributed by atoms with Crippen LogP contribution in [0.15, 0.2) is 59.4 Å². The summed E-state index contributed by atoms with van der Waals surface area (Å²) in [5.41, 5.74) is 5.13. The van der Waals surface area contributed by atoms with Gasteiger partial charge in [0.2, 0.25) is 0 Å². The molecule has 0 radical (unpaired) electrons. The van der Waals surface area contributed by atoms with E-state index in [4.69, 9.17) is 4.74 Å². The standard InChI is InChI=1S/C33H41N3O3/c1-6-8-15-27-20-25(5)30(22-35(19-9-7-2)33(38)39-23-24(3)4)32(37)36(27)31-18-13-12-17-29(31)28-16-11-10-14-26(28)21-34/h10-14,16-18,20,24H,6-9,15,19,22-23H2,1-5H3. The molecule has 0 aliphatic rings. The molecule has 2 aromatic carbocycles. The number of ether oxygens (including phenoxy) is 1. The van der Waals surface area contributed by atoms with Gasteiger partial charge in [-0.2, -0.15) is 5.26 Å². The molecular weight excluding hydrogens is 486 g/mol. The van der Waals surface area contributed by atoms with Crippen molar-refractivity contribution in [2.45, 2.75) is 73.3 Å². The van der Waals surface area contributed by atoms with Gasteiger partial charge in [-0.25, -0.2) is 4.79 Å². The first kappa shape index (κ1) is 29.7. The molecule has 0 saturated carbocycles. The lowest BCUT2D eigenvalue weighted by Crippen LogP contribution is -2.37. The number of aromatic nitrogens is 1. The van der Waals surface area contributed by atoms with Crippen LogP contribution in [-0.2, 0) is 17.7 Å². The summed E-state index contributed by atoms with van der Waals surface area (Å²) in [5.74, 6) is 0.228. The molecule has 0 aliphatic heterocycles. The molecule has 3 aromatic rings. The lowest BCUT2D eigenvalue weighted by Gasteiger charge is -2.25. The third kappa shape index (κ3) is 7.38. The highest BCUT2D eigenvalue weighted by Crippen LogP contribution is 2.30. The van der Waals surface area contributed by atoms with E-state index < -0.39 is 0 Å². The molecule has 39 heavy (non-hydrogen) atoms. The summed E-state index contributed by atoms with van der Waals surface area (Å²) in [6, 6.07) is 19.6. The quantitative estimate of drug-likeness (QED) is 0.246. The minimum absolute atomic E-state index is 0.138. The number of amides is 1. The van der Waals surface area contributed by atoms with Gasteiger partial charge in [-0.3, -0.25) is 9.36 Å². The summed E-state index contributed by atoms with van der Waals surface area (Å²) in [7, 11) is 0. The molecule has 0 atom stereocenters. The van der Waals surface area contributed by atoms with E-state index >= 15 is 0 Å². The average molecular weight is 528 g/mol. The zero-order valence-corrected chi connectivity index (χ0v) is 24.0. The smallest absolute Gasteiger partial charge is 0.410 e. The Hall–Kier alpha value is -3.85. The van der Waals surface area contributed by atoms with Crippen LogP contribution in [0.3, 0.4) is 0 Å². The number of unbranched alkanes of at least 4 members (excludes halogenated alkanes) is 2. The van der Waals surface area contributed by atoms with Crippen molar-refractivity contribution in [1.82, 2.24) is 9.47 Å². The third-order valence-corrected chi connectivity index (χ3v) is 6.81. The predicted octanol–water partition coefficient (Wildman–Crippen LogP) is 7.42. The zero-order valence-electron chi connectivity index (χ0n) is 24.0. The van der Waals surface area contributed by atoms with Gasteiger partial charge >= 0.3 is 6.09 Å². The third-order valence-electron chi connectivity index (χ3n) is 6.81. The number of para-hydroxylation sites is 1. The molecule has 0 spiro atoms. The Morgan fingerprint density at radius 3 is 2.36 bits per heavy atom. The van der Waals surface area contributed by atoms with E-state index in [9.17, 15) is 14.9 Å². The maximum absolute atomic E-state index is 14.3. The highest BCUT2D eigenvalue weighted by atomic mass is 16.6. The number of pyridine rings is 1. The van der Waals surface area contributed by atoms with Crippen molar-refractivity contribution < 1.29 is 9.53 Å². The topological polar surface area (TPSA) is 75.3 Å². The van der Waals surface area contributed by atoms with E-state index in [1.165, 1.54) is 0 Å². The fourth-order valence-corrected chi connectivity index (χ4v) is 4.65. The molecule has 1 aromatic heterocycles. The number of benzene rings is 2. The van der Waals surface area contributed by atoms with E-state index in [1.807, 2.05) is 63.2 Å². The summed E-state index contributed by atoms with van der Waals surface area (Å²) < 4.78 is 7.35. The molecule has 3 rings (SSSR count). The Bertz CT molecular complexity index is 1370. The molecule has 6 nitrogen and oxygen atoms in total. The van der Waals surface area contributed by atoms with Crippen molar-refractivity contribution in [1.29, 1.82) is 5.26 Å². The minimum Gasteiger partial charge on any atom is -0.449 e. The van der Waals surface area contributed by atoms with Gasteiger partial charge in [0.15, 0.2) is 0 Å². The van der Waals surface area contributed by atoms with E-state index in [1.54, 1.807) is 15.5 Å². The summed E-state index contributed by atoms with van der Waals surface area (Å²) in [6.45, 7) is 11.2. The van der Waals surface area contributed by atoms with Crippen LogP contribution < -0.4 is 5.56 Å². The number of hydrogen-bond donors (Lipinski definition) is 0. The van der Waals surface area contributed by atoms with E-state index in [2.05, 4.69) is 26.0 Å². The lowest BCUT2D eigenvalue weighted by molar-refractivity contribution is 0.0889. The number of hydrogen-bond acceptors (Lipinski definition) is 4. The summed E-state index contributed by atoms with van der Waals surface area (Å²) in [5, 5.41) is 9.78. The second kappa shape index (κ2) is 14.3. The first-order chi connectivity index (χ1) is 18.8. The molecule has 206 valence electrons. The molecular formula is C33H41N3O3. The summed E-state index contributed by atoms with van der Waals surface area (Å²) >= 11 is 0. The SMILES string of the molecule is CCCCc1cc(C)c(CN(CCCC)C(=O)OCC(C)C)c(=O)n1-c1ccccc1-c1ccccc1C#N. The molecule has 1 amide bonds. The van der Waals surface area contributed by atoms with Crippen LogP contribution in [0.2, 0.25) is 0 Å². The lowest BCUT2D eigenvalue weighted by atomic mass is 9.97. The number of carbonyl (C=O) groups excluding carboxylic acids is 1. The van der Waals surface area contributed by atoms with Crippen LogP contribution in [0.25, 0.3) is 16.8 Å². The van der Waals surface area contributed by atoms with Crippen molar-refractivity contribution >= 4 is 6.09 Å². The Labute approximate surface area is 232 Å². The minimum atomic E-state index is -0.388. The Morgan fingerprint density at radius 1 is 1.03 bits per heavy atom. The van der Waals surface area contributed by atoms with Crippen molar-refractivity contribution in [3.63, 3.8) is 0 Å². The molecule has 0 N–H and O–H groups in total. The van der Waals surface area contributed by atoms with E-state index in [0.717, 1.165) is 60.2 Å². The normalized spacial score (nSPS) is 10.9. The number of nitrogens with zero attached hydrogens (tertiary/aromatic N) is 3. The van der Waals surface area contributed by atoms with Crippen molar-refractivity contribution in [3.8, 4) is 22.9 Å². The van der Waals surface area contributed by atoms with Crippen molar-refractivity contribution in [2.24, 2.45) is 5.92 Å². The van der Waals surface area contributed by atoms with E-state index in [0.29, 0.717) is 24.3 Å². The van der Waals surface area contributed by atoms with Gasteiger partial charge in [0, 0.05) is 28.9 Å². The van der Waals surface area contributed by atoms with Crippen molar-refractivity contribution in [2.75, 3.05) is 13.2 Å².